The molecule has 0 unspecified atom stereocenters. The molecule has 1 aromatic heterocycles. The molecular formula is C6H4NS. The van der Waals surface area contributed by atoms with E-state index in [-0.39, 0.29) is 0 Å². The van der Waals surface area contributed by atoms with Crippen molar-refractivity contribution >= 4 is 11.3 Å². The lowest BCUT2D eigenvalue weighted by atomic mass is 10.2. The molecule has 1 nitrogen and oxygen atoms in total. The topological polar surface area (TPSA) is 23.8 Å². The fraction of sp³-hybridized carbons (Fsp3) is 0. The Morgan fingerprint density at radius 1 is 1.62 bits per heavy atom. The van der Waals surface area contributed by atoms with Crippen molar-refractivity contribution < 1.29 is 0 Å². The summed E-state index contributed by atoms with van der Waals surface area (Å²) in [5, 5.41) is 12.0. The van der Waals surface area contributed by atoms with Gasteiger partial charge in [0.05, 0.1) is 5.56 Å². The lowest BCUT2D eigenvalue weighted by molar-refractivity contribution is 1.49. The average molecular weight is 122 g/mol. The normalized spacial score (nSPS) is 8.50. The van der Waals surface area contributed by atoms with Gasteiger partial charge in [0, 0.05) is 5.38 Å². The Balaban J connectivity index is 3.15. The molecule has 0 amide bonds. The van der Waals surface area contributed by atoms with Crippen molar-refractivity contribution in [3.8, 4) is 6.07 Å². The Kier molecular flexibility index (Phi) is 1.32. The number of nitrogens with zero attached hydrogens (tertiary/aromatic N) is 1. The fourth-order valence-corrected chi connectivity index (χ4v) is 1.12. The predicted octanol–water partition coefficient (Wildman–Crippen LogP) is 1.80. The summed E-state index contributed by atoms with van der Waals surface area (Å²) in [4.78, 5) is 0. The van der Waals surface area contributed by atoms with E-state index in [1.165, 1.54) is 11.3 Å². The maximum absolute atomic E-state index is 8.32. The molecule has 1 heterocycles. The van der Waals surface area contributed by atoms with Gasteiger partial charge in [-0.25, -0.2) is 0 Å². The third-order valence-corrected chi connectivity index (χ3v) is 1.65. The van der Waals surface area contributed by atoms with Gasteiger partial charge in [-0.3, -0.25) is 0 Å². The largest absolute Gasteiger partial charge is 0.192 e. The molecular weight excluding hydrogens is 118 g/mol. The van der Waals surface area contributed by atoms with E-state index in [0.717, 1.165) is 5.56 Å². The molecule has 0 fully saturated rings. The number of thiophene rings is 1. The van der Waals surface area contributed by atoms with Gasteiger partial charge in [-0.2, -0.15) is 16.6 Å². The van der Waals surface area contributed by atoms with Gasteiger partial charge in [0.1, 0.15) is 6.07 Å². The van der Waals surface area contributed by atoms with Gasteiger partial charge in [0.25, 0.3) is 0 Å². The molecule has 39 valence electrons. The summed E-state index contributed by atoms with van der Waals surface area (Å²) >= 11 is 1.51. The van der Waals surface area contributed by atoms with Crippen molar-refractivity contribution in [1.29, 1.82) is 5.26 Å². The van der Waals surface area contributed by atoms with Crippen LogP contribution >= 0.6 is 11.3 Å². The Bertz CT molecular complexity index is 219. The van der Waals surface area contributed by atoms with Gasteiger partial charge in [-0.05, 0) is 17.9 Å². The highest BCUT2D eigenvalue weighted by atomic mass is 32.1. The Morgan fingerprint density at radius 3 is 2.62 bits per heavy atom. The van der Waals surface area contributed by atoms with Crippen LogP contribution in [0.2, 0.25) is 0 Å². The molecule has 0 saturated heterocycles. The highest BCUT2D eigenvalue weighted by Crippen LogP contribution is 2.10. The molecule has 0 aliphatic rings. The van der Waals surface area contributed by atoms with E-state index in [0.29, 0.717) is 5.56 Å². The highest BCUT2D eigenvalue weighted by Gasteiger charge is 1.93. The summed E-state index contributed by atoms with van der Waals surface area (Å²) in [6, 6.07) is 2.02. The maximum Gasteiger partial charge on any atom is 0.100 e. The Labute approximate surface area is 52.2 Å². The highest BCUT2D eigenvalue weighted by molar-refractivity contribution is 7.08. The summed E-state index contributed by atoms with van der Waals surface area (Å²) in [6.07, 6.45) is 0. The molecule has 2 heteroatoms. The molecule has 0 saturated carbocycles. The van der Waals surface area contributed by atoms with E-state index in [1.807, 2.05) is 11.4 Å². The molecule has 1 radical (unpaired) electrons. The zero-order valence-electron chi connectivity index (χ0n) is 4.22. The van der Waals surface area contributed by atoms with Crippen LogP contribution in [0.4, 0.5) is 0 Å². The quantitative estimate of drug-likeness (QED) is 0.514. The van der Waals surface area contributed by atoms with Crippen LogP contribution in [0.25, 0.3) is 0 Å². The second kappa shape index (κ2) is 1.97. The van der Waals surface area contributed by atoms with Crippen molar-refractivity contribution in [1.82, 2.24) is 0 Å². The van der Waals surface area contributed by atoms with Crippen molar-refractivity contribution in [2.24, 2.45) is 0 Å². The molecule has 0 N–H and O–H groups in total. The van der Waals surface area contributed by atoms with Gasteiger partial charge in [0.15, 0.2) is 0 Å². The number of hydrogen-bond acceptors (Lipinski definition) is 2. The predicted molar refractivity (Wildman–Crippen MR) is 33.5 cm³/mol. The number of nitriles is 1. The molecule has 0 aromatic carbocycles. The molecule has 0 atom stereocenters. The first-order valence-corrected chi connectivity index (χ1v) is 3.07. The minimum absolute atomic E-state index is 0.690. The van der Waals surface area contributed by atoms with Crippen molar-refractivity contribution in [3.05, 3.63) is 28.8 Å². The molecule has 0 spiro atoms. The van der Waals surface area contributed by atoms with Gasteiger partial charge < -0.3 is 0 Å². The van der Waals surface area contributed by atoms with Crippen LogP contribution in [0.3, 0.4) is 0 Å². The molecule has 0 aliphatic heterocycles. The minimum atomic E-state index is 0.690. The van der Waals surface area contributed by atoms with Crippen LogP contribution < -0.4 is 0 Å². The first kappa shape index (κ1) is 5.33. The summed E-state index contributed by atoms with van der Waals surface area (Å²) in [5.74, 6) is 0. The molecule has 1 rings (SSSR count). The fourth-order valence-electron chi connectivity index (χ4n) is 0.422. The smallest absolute Gasteiger partial charge is 0.100 e. The van der Waals surface area contributed by atoms with Crippen LogP contribution in [0, 0.1) is 18.3 Å². The second-order valence-electron chi connectivity index (χ2n) is 1.42. The molecule has 0 aliphatic carbocycles. The third kappa shape index (κ3) is 0.728. The third-order valence-electron chi connectivity index (χ3n) is 0.863. The lowest BCUT2D eigenvalue weighted by Crippen LogP contribution is -1.67. The van der Waals surface area contributed by atoms with E-state index < -0.39 is 0 Å². The number of rotatable bonds is 0. The molecule has 8 heavy (non-hydrogen) atoms. The van der Waals surface area contributed by atoms with Crippen LogP contribution in [-0.2, 0) is 0 Å². The zero-order chi connectivity index (χ0) is 5.98. The first-order chi connectivity index (χ1) is 3.84. The Hall–Kier alpha value is -0.810. The van der Waals surface area contributed by atoms with Crippen LogP contribution in [0.15, 0.2) is 10.8 Å². The van der Waals surface area contributed by atoms with Crippen LogP contribution in [0.5, 0.6) is 0 Å². The van der Waals surface area contributed by atoms with E-state index in [2.05, 4.69) is 6.92 Å². The van der Waals surface area contributed by atoms with E-state index in [4.69, 9.17) is 5.26 Å². The van der Waals surface area contributed by atoms with Gasteiger partial charge in [-0.15, -0.1) is 0 Å². The first-order valence-electron chi connectivity index (χ1n) is 2.13. The molecule has 0 bridgehead atoms. The Morgan fingerprint density at radius 2 is 2.38 bits per heavy atom. The summed E-state index contributed by atoms with van der Waals surface area (Å²) in [7, 11) is 0. The maximum atomic E-state index is 8.32. The average Bonchev–Trinajstić information content (AvgIpc) is 2.14. The van der Waals surface area contributed by atoms with Crippen LogP contribution in [-0.4, -0.2) is 0 Å². The number of hydrogen-bond donors (Lipinski definition) is 0. The second-order valence-corrected chi connectivity index (χ2v) is 2.17. The summed E-state index contributed by atoms with van der Waals surface area (Å²) in [6.45, 7) is 3.64. The SMILES string of the molecule is [CH2]c1cscc1C#N. The zero-order valence-corrected chi connectivity index (χ0v) is 5.03. The van der Waals surface area contributed by atoms with Crippen LogP contribution in [0.1, 0.15) is 11.1 Å². The van der Waals surface area contributed by atoms with Gasteiger partial charge in [0.2, 0.25) is 0 Å². The lowest BCUT2D eigenvalue weighted by Gasteiger charge is -1.76. The summed E-state index contributed by atoms with van der Waals surface area (Å²) < 4.78 is 0. The van der Waals surface area contributed by atoms with E-state index >= 15 is 0 Å². The van der Waals surface area contributed by atoms with Gasteiger partial charge in [-0.1, -0.05) is 0 Å². The summed E-state index contributed by atoms with van der Waals surface area (Å²) in [5.41, 5.74) is 1.52. The van der Waals surface area contributed by atoms with Crippen molar-refractivity contribution in [2.75, 3.05) is 0 Å². The van der Waals surface area contributed by atoms with Crippen molar-refractivity contribution in [2.45, 2.75) is 0 Å². The standard InChI is InChI=1S/C6H4NS/c1-5-3-8-4-6(5)2-7/h3-4H,1H2. The van der Waals surface area contributed by atoms with Gasteiger partial charge >= 0.3 is 0 Å². The molecule has 1 aromatic rings. The van der Waals surface area contributed by atoms with E-state index in [9.17, 15) is 0 Å². The monoisotopic (exact) mass is 122 g/mol. The van der Waals surface area contributed by atoms with Crippen molar-refractivity contribution in [3.63, 3.8) is 0 Å². The van der Waals surface area contributed by atoms with E-state index in [1.54, 1.807) is 5.38 Å². The minimum Gasteiger partial charge on any atom is -0.192 e.